The Morgan fingerprint density at radius 1 is 1.29 bits per heavy atom. The van der Waals surface area contributed by atoms with Gasteiger partial charge in [0.1, 0.15) is 0 Å². The number of hydrogen-bond donors (Lipinski definition) is 2. The number of amides is 1. The van der Waals surface area contributed by atoms with Gasteiger partial charge in [-0.3, -0.25) is 4.79 Å². The highest BCUT2D eigenvalue weighted by molar-refractivity contribution is 5.97. The molecule has 0 atom stereocenters. The molecule has 7 heteroatoms. The molecular weight excluding hydrogens is 274 g/mol. The summed E-state index contributed by atoms with van der Waals surface area (Å²) in [6.07, 6.45) is 0. The molecule has 0 aromatic heterocycles. The van der Waals surface area contributed by atoms with Crippen molar-refractivity contribution in [3.05, 3.63) is 23.8 Å². The van der Waals surface area contributed by atoms with E-state index in [1.807, 2.05) is 13.8 Å². The van der Waals surface area contributed by atoms with Gasteiger partial charge in [-0.05, 0) is 32.0 Å². The highest BCUT2D eigenvalue weighted by Crippen LogP contribution is 2.28. The smallest absolute Gasteiger partial charge is 0.254 e. The lowest BCUT2D eigenvalue weighted by Crippen LogP contribution is -2.35. The Hall–Kier alpha value is -2.44. The molecule has 0 heterocycles. The summed E-state index contributed by atoms with van der Waals surface area (Å²) in [7, 11) is 1.57. The zero-order valence-corrected chi connectivity index (χ0v) is 12.5. The van der Waals surface area contributed by atoms with Gasteiger partial charge in [-0.15, -0.1) is 0 Å². The second kappa shape index (κ2) is 7.98. The lowest BCUT2D eigenvalue weighted by Gasteiger charge is -2.17. The van der Waals surface area contributed by atoms with E-state index in [1.165, 1.54) is 4.90 Å². The fraction of sp³-hybridized carbons (Fsp3) is 0.429. The van der Waals surface area contributed by atoms with Gasteiger partial charge in [0.25, 0.3) is 5.91 Å². The standard InChI is InChI=1S/C14H21N3O4/c1-4-20-11-7-6-10(8-12(11)21-5-2)14(18)17(3)9-13(15)16-19/h6-8,19H,4-5,9H2,1-3H3,(H2,15,16). The van der Waals surface area contributed by atoms with Crippen LogP contribution < -0.4 is 15.2 Å². The average Bonchev–Trinajstić information content (AvgIpc) is 2.48. The summed E-state index contributed by atoms with van der Waals surface area (Å²) in [5.74, 6) is 0.810. The summed E-state index contributed by atoms with van der Waals surface area (Å²) in [4.78, 5) is 13.6. The van der Waals surface area contributed by atoms with Crippen molar-refractivity contribution >= 4 is 11.7 Å². The Kier molecular flexibility index (Phi) is 6.32. The van der Waals surface area contributed by atoms with E-state index in [0.29, 0.717) is 30.3 Å². The summed E-state index contributed by atoms with van der Waals surface area (Å²) in [5, 5.41) is 11.4. The number of oxime groups is 1. The zero-order chi connectivity index (χ0) is 15.8. The van der Waals surface area contributed by atoms with E-state index in [-0.39, 0.29) is 18.3 Å². The Labute approximate surface area is 123 Å². The molecule has 0 saturated heterocycles. The molecule has 0 aliphatic carbocycles. The van der Waals surface area contributed by atoms with Crippen molar-refractivity contribution in [2.24, 2.45) is 10.9 Å². The predicted octanol–water partition coefficient (Wildman–Crippen LogP) is 1.30. The van der Waals surface area contributed by atoms with Gasteiger partial charge in [-0.1, -0.05) is 5.16 Å². The largest absolute Gasteiger partial charge is 0.490 e. The third-order valence-corrected chi connectivity index (χ3v) is 2.66. The van der Waals surface area contributed by atoms with Crippen LogP contribution in [0.3, 0.4) is 0 Å². The normalized spacial score (nSPS) is 11.1. The Morgan fingerprint density at radius 2 is 1.90 bits per heavy atom. The van der Waals surface area contributed by atoms with Crippen LogP contribution in [-0.4, -0.2) is 48.7 Å². The molecule has 0 saturated carbocycles. The molecule has 1 aromatic carbocycles. The Balaban J connectivity index is 2.96. The first-order valence-corrected chi connectivity index (χ1v) is 6.64. The highest BCUT2D eigenvalue weighted by Gasteiger charge is 2.16. The first-order chi connectivity index (χ1) is 10.0. The maximum Gasteiger partial charge on any atom is 0.254 e. The van der Waals surface area contributed by atoms with Crippen LogP contribution in [0.5, 0.6) is 11.5 Å². The molecule has 0 radical (unpaired) electrons. The van der Waals surface area contributed by atoms with Crippen molar-refractivity contribution in [3.63, 3.8) is 0 Å². The molecule has 1 rings (SSSR count). The number of ether oxygens (including phenoxy) is 2. The molecular formula is C14H21N3O4. The van der Waals surface area contributed by atoms with Crippen molar-refractivity contribution < 1.29 is 19.5 Å². The summed E-state index contributed by atoms with van der Waals surface area (Å²) in [6.45, 7) is 4.75. The summed E-state index contributed by atoms with van der Waals surface area (Å²) in [5.41, 5.74) is 5.83. The Bertz CT molecular complexity index is 517. The second-order valence-electron chi connectivity index (χ2n) is 4.28. The van der Waals surface area contributed by atoms with Crippen LogP contribution in [0.2, 0.25) is 0 Å². The minimum atomic E-state index is -0.259. The van der Waals surface area contributed by atoms with Crippen LogP contribution in [-0.2, 0) is 0 Å². The minimum Gasteiger partial charge on any atom is -0.490 e. The maximum atomic E-state index is 12.3. The van der Waals surface area contributed by atoms with E-state index < -0.39 is 0 Å². The molecule has 0 spiro atoms. The molecule has 0 fully saturated rings. The second-order valence-corrected chi connectivity index (χ2v) is 4.28. The lowest BCUT2D eigenvalue weighted by atomic mass is 10.1. The predicted molar refractivity (Wildman–Crippen MR) is 79.1 cm³/mol. The molecule has 1 aromatic rings. The molecule has 7 nitrogen and oxygen atoms in total. The summed E-state index contributed by atoms with van der Waals surface area (Å²) in [6, 6.07) is 4.97. The van der Waals surface area contributed by atoms with Gasteiger partial charge in [0, 0.05) is 12.6 Å². The van der Waals surface area contributed by atoms with Gasteiger partial charge in [-0.2, -0.15) is 0 Å². The van der Waals surface area contributed by atoms with E-state index in [0.717, 1.165) is 0 Å². The topological polar surface area (TPSA) is 97.4 Å². The number of likely N-dealkylation sites (N-methyl/N-ethyl adjacent to an activating group) is 1. The number of carbonyl (C=O) groups excluding carboxylic acids is 1. The van der Waals surface area contributed by atoms with Gasteiger partial charge in [0.15, 0.2) is 17.3 Å². The third kappa shape index (κ3) is 4.55. The van der Waals surface area contributed by atoms with E-state index >= 15 is 0 Å². The van der Waals surface area contributed by atoms with E-state index in [2.05, 4.69) is 5.16 Å². The van der Waals surface area contributed by atoms with Crippen LogP contribution >= 0.6 is 0 Å². The van der Waals surface area contributed by atoms with Gasteiger partial charge in [0.2, 0.25) is 0 Å². The Morgan fingerprint density at radius 3 is 2.48 bits per heavy atom. The maximum absolute atomic E-state index is 12.3. The number of hydrogen-bond acceptors (Lipinski definition) is 5. The third-order valence-electron chi connectivity index (χ3n) is 2.66. The quantitative estimate of drug-likeness (QED) is 0.342. The van der Waals surface area contributed by atoms with Crippen LogP contribution in [0.25, 0.3) is 0 Å². The highest BCUT2D eigenvalue weighted by atomic mass is 16.5. The molecule has 0 aliphatic heterocycles. The number of benzene rings is 1. The van der Waals surface area contributed by atoms with Crippen LogP contribution in [0.1, 0.15) is 24.2 Å². The average molecular weight is 295 g/mol. The zero-order valence-electron chi connectivity index (χ0n) is 12.5. The molecule has 116 valence electrons. The van der Waals surface area contributed by atoms with Crippen LogP contribution in [0.4, 0.5) is 0 Å². The van der Waals surface area contributed by atoms with Crippen LogP contribution in [0, 0.1) is 0 Å². The summed E-state index contributed by atoms with van der Waals surface area (Å²) < 4.78 is 10.9. The van der Waals surface area contributed by atoms with Crippen molar-refractivity contribution in [1.82, 2.24) is 4.90 Å². The van der Waals surface area contributed by atoms with Crippen molar-refractivity contribution in [1.29, 1.82) is 0 Å². The molecule has 0 bridgehead atoms. The van der Waals surface area contributed by atoms with E-state index in [1.54, 1.807) is 25.2 Å². The number of amidine groups is 1. The molecule has 0 aliphatic rings. The SMILES string of the molecule is CCOc1ccc(C(=O)N(C)CC(N)=NO)cc1OCC. The van der Waals surface area contributed by atoms with Gasteiger partial charge in [0.05, 0.1) is 19.8 Å². The van der Waals surface area contributed by atoms with E-state index in [9.17, 15) is 4.79 Å². The van der Waals surface area contributed by atoms with Crippen LogP contribution in [0.15, 0.2) is 23.4 Å². The van der Waals surface area contributed by atoms with Gasteiger partial charge >= 0.3 is 0 Å². The van der Waals surface area contributed by atoms with Crippen molar-refractivity contribution in [2.75, 3.05) is 26.8 Å². The molecule has 3 N–H and O–H groups in total. The fourth-order valence-corrected chi connectivity index (χ4v) is 1.75. The molecule has 0 unspecified atom stereocenters. The molecule has 1 amide bonds. The lowest BCUT2D eigenvalue weighted by molar-refractivity contribution is 0.0813. The monoisotopic (exact) mass is 295 g/mol. The summed E-state index contributed by atoms with van der Waals surface area (Å²) >= 11 is 0. The number of nitrogens with zero attached hydrogens (tertiary/aromatic N) is 2. The fourth-order valence-electron chi connectivity index (χ4n) is 1.75. The number of carbonyl (C=O) groups is 1. The first kappa shape index (κ1) is 16.6. The molecule has 21 heavy (non-hydrogen) atoms. The minimum absolute atomic E-state index is 0.0342. The van der Waals surface area contributed by atoms with Gasteiger partial charge < -0.3 is 25.3 Å². The van der Waals surface area contributed by atoms with Crippen molar-refractivity contribution in [2.45, 2.75) is 13.8 Å². The first-order valence-electron chi connectivity index (χ1n) is 6.64. The van der Waals surface area contributed by atoms with Crippen molar-refractivity contribution in [3.8, 4) is 11.5 Å². The van der Waals surface area contributed by atoms with E-state index in [4.69, 9.17) is 20.4 Å². The number of rotatable bonds is 7. The van der Waals surface area contributed by atoms with Gasteiger partial charge in [-0.25, -0.2) is 0 Å². The number of nitrogens with two attached hydrogens (primary N) is 1.